The van der Waals surface area contributed by atoms with Gasteiger partial charge < -0.3 is 20.5 Å². The van der Waals surface area contributed by atoms with E-state index in [2.05, 4.69) is 31.3 Å². The lowest BCUT2D eigenvalue weighted by molar-refractivity contribution is -0.130. The zero-order valence-electron chi connectivity index (χ0n) is 15.0. The number of ether oxygens (including phenoxy) is 2. The third-order valence-corrected chi connectivity index (χ3v) is 4.33. The van der Waals surface area contributed by atoms with Crippen molar-refractivity contribution < 1.29 is 14.3 Å². The van der Waals surface area contributed by atoms with E-state index in [4.69, 9.17) is 15.2 Å². The van der Waals surface area contributed by atoms with Gasteiger partial charge in [0.1, 0.15) is 6.61 Å². The summed E-state index contributed by atoms with van der Waals surface area (Å²) >= 11 is 0. The quantitative estimate of drug-likeness (QED) is 0.840. The third kappa shape index (κ3) is 4.68. The molecule has 140 valence electrons. The smallest absolute Gasteiger partial charge is 0.264 e. The van der Waals surface area contributed by atoms with Crippen LogP contribution in [-0.2, 0) is 4.79 Å². The molecule has 5 nitrogen and oxygen atoms in total. The minimum atomic E-state index is -0.662. The van der Waals surface area contributed by atoms with Crippen LogP contribution in [-0.4, -0.2) is 25.2 Å². The molecule has 0 aliphatic carbocycles. The summed E-state index contributed by atoms with van der Waals surface area (Å²) in [5, 5.41) is 2.85. The zero-order chi connectivity index (χ0) is 17.8. The second-order valence-electron chi connectivity index (χ2n) is 6.54. The molecule has 1 heterocycles. The number of rotatable bonds is 5. The molecule has 0 radical (unpaired) electrons. The van der Waals surface area contributed by atoms with Gasteiger partial charge in [-0.2, -0.15) is 0 Å². The van der Waals surface area contributed by atoms with Crippen molar-refractivity contribution in [3.05, 3.63) is 59.7 Å². The molecule has 1 amide bonds. The van der Waals surface area contributed by atoms with Gasteiger partial charge in [0, 0.05) is 12.6 Å². The Balaban J connectivity index is 0.00000243. The molecule has 0 aromatic heterocycles. The van der Waals surface area contributed by atoms with E-state index in [1.807, 2.05) is 30.3 Å². The molecule has 2 unspecified atom stereocenters. The van der Waals surface area contributed by atoms with Gasteiger partial charge in [-0.1, -0.05) is 50.2 Å². The largest absolute Gasteiger partial charge is 0.485 e. The van der Waals surface area contributed by atoms with Crippen LogP contribution in [0.4, 0.5) is 0 Å². The van der Waals surface area contributed by atoms with Gasteiger partial charge >= 0.3 is 0 Å². The fourth-order valence-electron chi connectivity index (χ4n) is 2.72. The van der Waals surface area contributed by atoms with Gasteiger partial charge in [0.15, 0.2) is 11.5 Å². The molecule has 0 fully saturated rings. The first-order chi connectivity index (χ1) is 12.0. The Kier molecular flexibility index (Phi) is 6.89. The maximum atomic E-state index is 12.3. The second-order valence-corrected chi connectivity index (χ2v) is 6.54. The van der Waals surface area contributed by atoms with Crippen molar-refractivity contribution in [2.24, 2.45) is 5.73 Å². The van der Waals surface area contributed by atoms with Crippen LogP contribution in [0.5, 0.6) is 11.5 Å². The lowest BCUT2D eigenvalue weighted by atomic mass is 9.99. The van der Waals surface area contributed by atoms with Crippen LogP contribution in [0.1, 0.15) is 36.9 Å². The number of hydrogen-bond donors (Lipinski definition) is 2. The van der Waals surface area contributed by atoms with Gasteiger partial charge in [-0.3, -0.25) is 4.79 Å². The lowest BCUT2D eigenvalue weighted by Gasteiger charge is -2.26. The first kappa shape index (κ1) is 20.1. The predicted octanol–water partition coefficient (Wildman–Crippen LogP) is 3.19. The van der Waals surface area contributed by atoms with E-state index in [-0.39, 0.29) is 31.0 Å². The Morgan fingerprint density at radius 2 is 1.73 bits per heavy atom. The lowest BCUT2D eigenvalue weighted by Crippen LogP contribution is -2.45. The highest BCUT2D eigenvalue weighted by molar-refractivity contribution is 5.85. The molecule has 1 aliphatic heterocycles. The summed E-state index contributed by atoms with van der Waals surface area (Å²) in [6.45, 7) is 4.85. The van der Waals surface area contributed by atoms with Gasteiger partial charge in [0.05, 0.1) is 0 Å². The molecule has 0 saturated carbocycles. The van der Waals surface area contributed by atoms with Crippen LogP contribution < -0.4 is 20.5 Å². The summed E-state index contributed by atoms with van der Waals surface area (Å²) < 4.78 is 11.3. The van der Waals surface area contributed by atoms with E-state index in [9.17, 15) is 4.79 Å². The summed E-state index contributed by atoms with van der Waals surface area (Å²) in [4.78, 5) is 12.3. The molecule has 0 spiro atoms. The normalized spacial score (nSPS) is 16.5. The van der Waals surface area contributed by atoms with Gasteiger partial charge in [-0.25, -0.2) is 0 Å². The molecule has 0 bridgehead atoms. The van der Waals surface area contributed by atoms with E-state index in [1.54, 1.807) is 6.07 Å². The topological polar surface area (TPSA) is 73.6 Å². The van der Waals surface area contributed by atoms with Crippen molar-refractivity contribution in [2.45, 2.75) is 31.9 Å². The van der Waals surface area contributed by atoms with Crippen molar-refractivity contribution in [1.82, 2.24) is 5.32 Å². The van der Waals surface area contributed by atoms with E-state index in [0.29, 0.717) is 24.0 Å². The van der Waals surface area contributed by atoms with Gasteiger partial charge in [0.2, 0.25) is 6.10 Å². The van der Waals surface area contributed by atoms with Crippen molar-refractivity contribution in [3.8, 4) is 11.5 Å². The summed E-state index contributed by atoms with van der Waals surface area (Å²) in [6, 6.07) is 15.3. The number of nitrogens with one attached hydrogen (secondary N) is 1. The Morgan fingerprint density at radius 1 is 1.12 bits per heavy atom. The van der Waals surface area contributed by atoms with Gasteiger partial charge in [0.25, 0.3) is 5.91 Å². The highest BCUT2D eigenvalue weighted by atomic mass is 35.5. The molecule has 1 aliphatic rings. The first-order valence-corrected chi connectivity index (χ1v) is 8.56. The van der Waals surface area contributed by atoms with Crippen LogP contribution >= 0.6 is 12.4 Å². The van der Waals surface area contributed by atoms with Crippen LogP contribution in [0, 0.1) is 0 Å². The molecule has 26 heavy (non-hydrogen) atoms. The van der Waals surface area contributed by atoms with Crippen molar-refractivity contribution in [1.29, 1.82) is 0 Å². The van der Waals surface area contributed by atoms with Gasteiger partial charge in [-0.05, 0) is 29.2 Å². The van der Waals surface area contributed by atoms with Crippen molar-refractivity contribution >= 4 is 18.3 Å². The molecule has 3 rings (SSSR count). The van der Waals surface area contributed by atoms with Crippen molar-refractivity contribution in [2.75, 3.05) is 13.2 Å². The van der Waals surface area contributed by atoms with Gasteiger partial charge in [-0.15, -0.1) is 12.4 Å². The Hall–Kier alpha value is -2.24. The third-order valence-electron chi connectivity index (χ3n) is 4.33. The number of amides is 1. The molecule has 2 atom stereocenters. The maximum Gasteiger partial charge on any atom is 0.264 e. The average Bonchev–Trinajstić information content (AvgIpc) is 2.65. The molecule has 0 saturated heterocycles. The van der Waals surface area contributed by atoms with Crippen molar-refractivity contribution in [3.63, 3.8) is 0 Å². The molecule has 2 aromatic rings. The fourth-order valence-corrected chi connectivity index (χ4v) is 2.72. The number of benzene rings is 2. The maximum absolute atomic E-state index is 12.3. The summed E-state index contributed by atoms with van der Waals surface area (Å²) in [5.74, 6) is 1.51. The number of nitrogens with two attached hydrogens (primary N) is 1. The predicted molar refractivity (Wildman–Crippen MR) is 104 cm³/mol. The SMILES string of the molecule is CC(C)c1ccc(C(N)CNC(=O)C2COc3ccccc3O2)cc1.Cl. The zero-order valence-corrected chi connectivity index (χ0v) is 15.8. The molecular formula is C20H25ClN2O3. The molecule has 3 N–H and O–H groups in total. The average molecular weight is 377 g/mol. The minimum Gasteiger partial charge on any atom is -0.485 e. The number of hydrogen-bond acceptors (Lipinski definition) is 4. The minimum absolute atomic E-state index is 0. The van der Waals surface area contributed by atoms with Crippen LogP contribution in [0.15, 0.2) is 48.5 Å². The first-order valence-electron chi connectivity index (χ1n) is 8.56. The molecule has 2 aromatic carbocycles. The number of fused-ring (bicyclic) bond motifs is 1. The number of carbonyl (C=O) groups excluding carboxylic acids is 1. The number of carbonyl (C=O) groups is 1. The van der Waals surface area contributed by atoms with E-state index < -0.39 is 6.10 Å². The number of halogens is 1. The highest BCUT2D eigenvalue weighted by Gasteiger charge is 2.27. The second kappa shape index (κ2) is 8.92. The monoisotopic (exact) mass is 376 g/mol. The van der Waals surface area contributed by atoms with E-state index >= 15 is 0 Å². The number of para-hydroxylation sites is 2. The fraction of sp³-hybridized carbons (Fsp3) is 0.350. The Bertz CT molecular complexity index is 734. The van der Waals surface area contributed by atoms with Crippen LogP contribution in [0.25, 0.3) is 0 Å². The molecule has 6 heteroatoms. The molecular weight excluding hydrogens is 352 g/mol. The Labute approximate surface area is 160 Å². The summed E-state index contributed by atoms with van der Waals surface area (Å²) in [5.41, 5.74) is 8.45. The van der Waals surface area contributed by atoms with Crippen LogP contribution in [0.2, 0.25) is 0 Å². The highest BCUT2D eigenvalue weighted by Crippen LogP contribution is 2.30. The summed E-state index contributed by atoms with van der Waals surface area (Å²) in [7, 11) is 0. The standard InChI is InChI=1S/C20H24N2O3.ClH/c1-13(2)14-7-9-15(10-8-14)16(21)11-22-20(23)19-12-24-17-5-3-4-6-18(17)25-19;/h3-10,13,16,19H,11-12,21H2,1-2H3,(H,22,23);1H. The summed E-state index contributed by atoms with van der Waals surface area (Å²) in [6.07, 6.45) is -0.662. The Morgan fingerprint density at radius 3 is 2.38 bits per heavy atom. The van der Waals surface area contributed by atoms with E-state index in [0.717, 1.165) is 5.56 Å². The van der Waals surface area contributed by atoms with E-state index in [1.165, 1.54) is 5.56 Å². The van der Waals surface area contributed by atoms with Crippen LogP contribution in [0.3, 0.4) is 0 Å².